The van der Waals surface area contributed by atoms with Crippen LogP contribution in [0.25, 0.3) is 0 Å². The Bertz CT molecular complexity index is 579. The average molecular weight is 364 g/mol. The summed E-state index contributed by atoms with van der Waals surface area (Å²) in [7, 11) is 0. The number of piperazine rings is 1. The van der Waals surface area contributed by atoms with E-state index in [0.29, 0.717) is 17.1 Å². The van der Waals surface area contributed by atoms with Crippen LogP contribution in [0.3, 0.4) is 0 Å². The van der Waals surface area contributed by atoms with Crippen molar-refractivity contribution in [1.82, 2.24) is 10.2 Å². The molecule has 2 aliphatic rings. The third-order valence-electron chi connectivity index (χ3n) is 3.81. The zero-order valence-corrected chi connectivity index (χ0v) is 14.0. The highest BCUT2D eigenvalue weighted by atomic mass is 35.5. The van der Waals surface area contributed by atoms with Gasteiger partial charge in [0.25, 0.3) is 5.69 Å². The number of rotatable bonds is 4. The van der Waals surface area contributed by atoms with Crippen LogP contribution in [0.1, 0.15) is 11.6 Å². The van der Waals surface area contributed by atoms with E-state index < -0.39 is 0 Å². The molecule has 1 aromatic rings. The quantitative estimate of drug-likeness (QED) is 0.502. The number of fused-ring (bicyclic) bond motifs is 1. The fourth-order valence-electron chi connectivity index (χ4n) is 2.78. The van der Waals surface area contributed by atoms with E-state index in [1.165, 1.54) is 6.07 Å². The lowest BCUT2D eigenvalue weighted by molar-refractivity contribution is -0.385. The molecule has 1 atom stereocenters. The number of hydrogen-bond donors (Lipinski definition) is 1. The van der Waals surface area contributed by atoms with Gasteiger partial charge < -0.3 is 14.8 Å². The van der Waals surface area contributed by atoms with Crippen molar-refractivity contribution < 1.29 is 14.4 Å². The monoisotopic (exact) mass is 363 g/mol. The summed E-state index contributed by atoms with van der Waals surface area (Å²) in [4.78, 5) is 13.2. The summed E-state index contributed by atoms with van der Waals surface area (Å²) in [5, 5.41) is 14.6. The molecular weight excluding hydrogens is 345 g/mol. The van der Waals surface area contributed by atoms with E-state index in [4.69, 9.17) is 9.47 Å². The second-order valence-corrected chi connectivity index (χ2v) is 4.99. The van der Waals surface area contributed by atoms with Crippen LogP contribution >= 0.6 is 24.8 Å². The molecule has 1 fully saturated rings. The van der Waals surface area contributed by atoms with Gasteiger partial charge in [-0.1, -0.05) is 6.08 Å². The summed E-state index contributed by atoms with van der Waals surface area (Å²) in [6.07, 6.45) is 1.75. The number of nitrogens with zero attached hydrogens (tertiary/aromatic N) is 2. The predicted octanol–water partition coefficient (Wildman–Crippen LogP) is 2.30. The standard InChI is InChI=1S/C14H17N3O4.2ClH/c1-2-11(16-5-3-15-4-6-16)10-7-13-14(21-9-20-13)8-12(10)17(18)19;;/h2,7-8,11,15H,1,3-6,9H2;2*1H/t11-;;/m0../s1. The second-order valence-electron chi connectivity index (χ2n) is 4.99. The maximum absolute atomic E-state index is 11.4. The topological polar surface area (TPSA) is 76.9 Å². The van der Waals surface area contributed by atoms with Crippen LogP contribution in [-0.4, -0.2) is 42.8 Å². The molecule has 0 unspecified atom stereocenters. The molecule has 2 heterocycles. The molecule has 3 rings (SSSR count). The summed E-state index contributed by atoms with van der Waals surface area (Å²) < 4.78 is 10.6. The fourth-order valence-corrected chi connectivity index (χ4v) is 2.78. The average Bonchev–Trinajstić information content (AvgIpc) is 2.95. The lowest BCUT2D eigenvalue weighted by atomic mass is 10.0. The maximum atomic E-state index is 11.4. The van der Waals surface area contributed by atoms with Crippen LogP contribution in [-0.2, 0) is 0 Å². The number of benzene rings is 1. The Morgan fingerprint density at radius 2 is 1.87 bits per heavy atom. The maximum Gasteiger partial charge on any atom is 0.278 e. The molecule has 0 aromatic heterocycles. The lowest BCUT2D eigenvalue weighted by Crippen LogP contribution is -2.44. The zero-order chi connectivity index (χ0) is 14.8. The summed E-state index contributed by atoms with van der Waals surface area (Å²) in [6.45, 7) is 7.32. The summed E-state index contributed by atoms with van der Waals surface area (Å²) in [5.74, 6) is 0.978. The Morgan fingerprint density at radius 1 is 1.26 bits per heavy atom. The van der Waals surface area contributed by atoms with E-state index in [-0.39, 0.29) is 48.3 Å². The van der Waals surface area contributed by atoms with Crippen LogP contribution in [0.2, 0.25) is 0 Å². The van der Waals surface area contributed by atoms with Gasteiger partial charge in [0, 0.05) is 26.2 Å². The van der Waals surface area contributed by atoms with E-state index in [0.717, 1.165) is 26.2 Å². The van der Waals surface area contributed by atoms with Crippen LogP contribution < -0.4 is 14.8 Å². The molecule has 23 heavy (non-hydrogen) atoms. The van der Waals surface area contributed by atoms with Crippen molar-refractivity contribution in [3.05, 3.63) is 40.5 Å². The normalized spacial score (nSPS) is 17.6. The molecule has 1 aromatic carbocycles. The van der Waals surface area contributed by atoms with Gasteiger partial charge in [-0.2, -0.15) is 0 Å². The SMILES string of the molecule is C=C[C@@H](c1cc2c(cc1[N+](=O)[O-])OCO2)N1CCNCC1.Cl.Cl. The van der Waals surface area contributed by atoms with Crippen LogP contribution in [0.4, 0.5) is 5.69 Å². The lowest BCUT2D eigenvalue weighted by Gasteiger charge is -2.33. The zero-order valence-electron chi connectivity index (χ0n) is 12.4. The number of ether oxygens (including phenoxy) is 2. The van der Waals surface area contributed by atoms with Gasteiger partial charge in [-0.15, -0.1) is 31.4 Å². The number of halogens is 2. The molecule has 0 amide bonds. The van der Waals surface area contributed by atoms with E-state index in [1.807, 2.05) is 0 Å². The molecule has 9 heteroatoms. The Labute approximate surface area is 146 Å². The summed E-state index contributed by atoms with van der Waals surface area (Å²) in [6, 6.07) is 2.94. The second kappa shape index (κ2) is 8.35. The van der Waals surface area contributed by atoms with Crippen molar-refractivity contribution in [3.8, 4) is 11.5 Å². The van der Waals surface area contributed by atoms with Gasteiger partial charge in [-0.25, -0.2) is 0 Å². The first-order chi connectivity index (χ1) is 10.2. The molecule has 0 aliphatic carbocycles. The molecule has 0 saturated carbocycles. The van der Waals surface area contributed by atoms with Crippen molar-refractivity contribution in [2.45, 2.75) is 6.04 Å². The summed E-state index contributed by atoms with van der Waals surface area (Å²) in [5.41, 5.74) is 0.642. The van der Waals surface area contributed by atoms with Gasteiger partial charge in [0.05, 0.1) is 22.6 Å². The minimum Gasteiger partial charge on any atom is -0.454 e. The molecule has 1 N–H and O–H groups in total. The minimum atomic E-state index is -0.379. The number of nitro groups is 1. The third-order valence-corrected chi connectivity index (χ3v) is 3.81. The number of nitrogens with one attached hydrogen (secondary N) is 1. The Morgan fingerprint density at radius 3 is 2.43 bits per heavy atom. The van der Waals surface area contributed by atoms with E-state index >= 15 is 0 Å². The third kappa shape index (κ3) is 3.87. The largest absolute Gasteiger partial charge is 0.454 e. The van der Waals surface area contributed by atoms with Crippen molar-refractivity contribution in [1.29, 1.82) is 0 Å². The van der Waals surface area contributed by atoms with Gasteiger partial charge in [0.1, 0.15) is 0 Å². The number of nitro benzene ring substituents is 1. The van der Waals surface area contributed by atoms with Gasteiger partial charge >= 0.3 is 0 Å². The molecule has 2 aliphatic heterocycles. The molecular formula is C14H19Cl2N3O4. The molecule has 1 saturated heterocycles. The highest BCUT2D eigenvalue weighted by molar-refractivity contribution is 5.85. The predicted molar refractivity (Wildman–Crippen MR) is 91.1 cm³/mol. The summed E-state index contributed by atoms with van der Waals surface area (Å²) >= 11 is 0. The van der Waals surface area contributed by atoms with E-state index in [1.54, 1.807) is 12.1 Å². The van der Waals surface area contributed by atoms with Crippen LogP contribution in [0.15, 0.2) is 24.8 Å². The van der Waals surface area contributed by atoms with E-state index in [2.05, 4.69) is 16.8 Å². The van der Waals surface area contributed by atoms with Crippen molar-refractivity contribution in [3.63, 3.8) is 0 Å². The first-order valence-corrected chi connectivity index (χ1v) is 6.86. The molecule has 0 bridgehead atoms. The van der Waals surface area contributed by atoms with Crippen molar-refractivity contribution in [2.75, 3.05) is 33.0 Å². The Balaban J connectivity index is 0.00000132. The molecule has 7 nitrogen and oxygen atoms in total. The van der Waals surface area contributed by atoms with Crippen LogP contribution in [0, 0.1) is 10.1 Å². The number of hydrogen-bond acceptors (Lipinski definition) is 6. The highest BCUT2D eigenvalue weighted by Crippen LogP contribution is 2.41. The Kier molecular flexibility index (Phi) is 7.08. The van der Waals surface area contributed by atoms with Gasteiger partial charge in [0.2, 0.25) is 6.79 Å². The fraction of sp³-hybridized carbons (Fsp3) is 0.429. The molecule has 0 radical (unpaired) electrons. The Hall–Kier alpha value is -1.54. The smallest absolute Gasteiger partial charge is 0.278 e. The first kappa shape index (κ1) is 19.5. The van der Waals surface area contributed by atoms with Gasteiger partial charge in [-0.3, -0.25) is 15.0 Å². The first-order valence-electron chi connectivity index (χ1n) is 6.86. The minimum absolute atomic E-state index is 0. The van der Waals surface area contributed by atoms with Crippen LogP contribution in [0.5, 0.6) is 11.5 Å². The van der Waals surface area contributed by atoms with Gasteiger partial charge in [0.15, 0.2) is 11.5 Å². The van der Waals surface area contributed by atoms with Crippen molar-refractivity contribution >= 4 is 30.5 Å². The molecule has 0 spiro atoms. The molecule has 128 valence electrons. The van der Waals surface area contributed by atoms with E-state index in [9.17, 15) is 10.1 Å². The highest BCUT2D eigenvalue weighted by Gasteiger charge is 2.30. The van der Waals surface area contributed by atoms with Crippen molar-refractivity contribution in [2.24, 2.45) is 0 Å². The van der Waals surface area contributed by atoms with Gasteiger partial charge in [-0.05, 0) is 6.07 Å².